The standard InChI is InChI=1S/C13H25NO2/c1-4-5-7-11(2)14-10-13(8-6-9-13)12(15)16-3/h11,14H,4-10H2,1-3H3. The van der Waals surface area contributed by atoms with Crippen molar-refractivity contribution in [2.45, 2.75) is 58.4 Å². The third kappa shape index (κ3) is 3.21. The minimum Gasteiger partial charge on any atom is -0.469 e. The molecule has 0 heterocycles. The molecule has 0 aromatic rings. The fourth-order valence-electron chi connectivity index (χ4n) is 2.26. The normalized spacial score (nSPS) is 19.9. The SMILES string of the molecule is CCCCC(C)NCC1(C(=O)OC)CCC1. The Kier molecular flexibility index (Phi) is 5.26. The molecule has 1 atom stereocenters. The summed E-state index contributed by atoms with van der Waals surface area (Å²) in [5.41, 5.74) is -0.213. The van der Waals surface area contributed by atoms with Crippen molar-refractivity contribution in [3.05, 3.63) is 0 Å². The van der Waals surface area contributed by atoms with Gasteiger partial charge in [-0.05, 0) is 26.2 Å². The monoisotopic (exact) mass is 227 g/mol. The van der Waals surface area contributed by atoms with Crippen LogP contribution >= 0.6 is 0 Å². The largest absolute Gasteiger partial charge is 0.469 e. The highest BCUT2D eigenvalue weighted by molar-refractivity contribution is 5.78. The van der Waals surface area contributed by atoms with Gasteiger partial charge >= 0.3 is 5.97 Å². The van der Waals surface area contributed by atoms with Crippen LogP contribution < -0.4 is 5.32 Å². The Hall–Kier alpha value is -0.570. The van der Waals surface area contributed by atoms with Gasteiger partial charge in [0.2, 0.25) is 0 Å². The molecule has 16 heavy (non-hydrogen) atoms. The third-order valence-electron chi connectivity index (χ3n) is 3.71. The molecule has 1 saturated carbocycles. The molecular formula is C13H25NO2. The average molecular weight is 227 g/mol. The summed E-state index contributed by atoms with van der Waals surface area (Å²) in [5, 5.41) is 3.47. The van der Waals surface area contributed by atoms with Gasteiger partial charge in [-0.25, -0.2) is 0 Å². The van der Waals surface area contributed by atoms with E-state index in [0.717, 1.165) is 25.8 Å². The fraction of sp³-hybridized carbons (Fsp3) is 0.923. The lowest BCUT2D eigenvalue weighted by Crippen LogP contribution is -2.48. The molecular weight excluding hydrogens is 202 g/mol. The van der Waals surface area contributed by atoms with Crippen LogP contribution in [0.4, 0.5) is 0 Å². The number of unbranched alkanes of at least 4 members (excludes halogenated alkanes) is 1. The van der Waals surface area contributed by atoms with Crippen LogP contribution in [-0.2, 0) is 9.53 Å². The molecule has 0 amide bonds. The van der Waals surface area contributed by atoms with Crippen molar-refractivity contribution in [2.24, 2.45) is 5.41 Å². The molecule has 1 rings (SSSR count). The number of carbonyl (C=O) groups is 1. The second kappa shape index (κ2) is 6.24. The van der Waals surface area contributed by atoms with Gasteiger partial charge in [-0.3, -0.25) is 4.79 Å². The molecule has 1 aliphatic rings. The van der Waals surface area contributed by atoms with E-state index in [2.05, 4.69) is 19.2 Å². The highest BCUT2D eigenvalue weighted by Gasteiger charge is 2.44. The first-order valence-electron chi connectivity index (χ1n) is 6.46. The molecule has 1 unspecified atom stereocenters. The van der Waals surface area contributed by atoms with Crippen LogP contribution in [0.15, 0.2) is 0 Å². The second-order valence-corrected chi connectivity index (χ2v) is 5.05. The predicted molar refractivity (Wildman–Crippen MR) is 65.3 cm³/mol. The van der Waals surface area contributed by atoms with Crippen LogP contribution in [-0.4, -0.2) is 25.7 Å². The van der Waals surface area contributed by atoms with Crippen LogP contribution in [0, 0.1) is 5.41 Å². The zero-order chi connectivity index (χ0) is 12.0. The van der Waals surface area contributed by atoms with Crippen molar-refractivity contribution in [3.63, 3.8) is 0 Å². The summed E-state index contributed by atoms with van der Waals surface area (Å²) >= 11 is 0. The summed E-state index contributed by atoms with van der Waals surface area (Å²) in [6, 6.07) is 0.502. The van der Waals surface area contributed by atoms with Gasteiger partial charge in [0.05, 0.1) is 12.5 Å². The van der Waals surface area contributed by atoms with Crippen molar-refractivity contribution >= 4 is 5.97 Å². The highest BCUT2D eigenvalue weighted by atomic mass is 16.5. The molecule has 3 nitrogen and oxygen atoms in total. The minimum absolute atomic E-state index is 0.0334. The molecule has 0 saturated heterocycles. The molecule has 0 spiro atoms. The van der Waals surface area contributed by atoms with Crippen LogP contribution in [0.1, 0.15) is 52.4 Å². The number of rotatable bonds is 7. The second-order valence-electron chi connectivity index (χ2n) is 5.05. The molecule has 1 fully saturated rings. The molecule has 0 aliphatic heterocycles. The maximum Gasteiger partial charge on any atom is 0.313 e. The maximum atomic E-state index is 11.7. The Morgan fingerprint density at radius 3 is 2.62 bits per heavy atom. The molecule has 3 heteroatoms. The van der Waals surface area contributed by atoms with Gasteiger partial charge in [0.1, 0.15) is 0 Å². The molecule has 1 aliphatic carbocycles. The lowest BCUT2D eigenvalue weighted by atomic mass is 9.68. The first-order valence-corrected chi connectivity index (χ1v) is 6.46. The van der Waals surface area contributed by atoms with Gasteiger partial charge in [0.15, 0.2) is 0 Å². The van der Waals surface area contributed by atoms with Gasteiger partial charge in [0.25, 0.3) is 0 Å². The van der Waals surface area contributed by atoms with Gasteiger partial charge in [-0.15, -0.1) is 0 Å². The number of carbonyl (C=O) groups excluding carboxylic acids is 1. The fourth-order valence-corrected chi connectivity index (χ4v) is 2.26. The van der Waals surface area contributed by atoms with Crippen molar-refractivity contribution < 1.29 is 9.53 Å². The molecule has 0 aromatic carbocycles. The third-order valence-corrected chi connectivity index (χ3v) is 3.71. The van der Waals surface area contributed by atoms with E-state index in [1.54, 1.807) is 0 Å². The summed E-state index contributed by atoms with van der Waals surface area (Å²) in [6.45, 7) is 5.18. The van der Waals surface area contributed by atoms with Crippen LogP contribution in [0.5, 0.6) is 0 Å². The summed E-state index contributed by atoms with van der Waals surface area (Å²) in [4.78, 5) is 11.7. The van der Waals surface area contributed by atoms with E-state index in [4.69, 9.17) is 4.74 Å². The molecule has 94 valence electrons. The summed E-state index contributed by atoms with van der Waals surface area (Å²) < 4.78 is 4.89. The van der Waals surface area contributed by atoms with Crippen LogP contribution in [0.2, 0.25) is 0 Å². The van der Waals surface area contributed by atoms with Crippen molar-refractivity contribution in [2.75, 3.05) is 13.7 Å². The van der Waals surface area contributed by atoms with Gasteiger partial charge in [-0.2, -0.15) is 0 Å². The zero-order valence-electron chi connectivity index (χ0n) is 10.8. The lowest BCUT2D eigenvalue weighted by Gasteiger charge is -2.39. The number of nitrogens with one attached hydrogen (secondary N) is 1. The number of esters is 1. The molecule has 1 N–H and O–H groups in total. The van der Waals surface area contributed by atoms with E-state index in [1.807, 2.05) is 0 Å². The van der Waals surface area contributed by atoms with Crippen molar-refractivity contribution in [3.8, 4) is 0 Å². The summed E-state index contributed by atoms with van der Waals surface area (Å²) in [7, 11) is 1.49. The smallest absolute Gasteiger partial charge is 0.313 e. The number of ether oxygens (including phenoxy) is 1. The average Bonchev–Trinajstić information content (AvgIpc) is 2.24. The number of hydrogen-bond acceptors (Lipinski definition) is 3. The predicted octanol–water partition coefficient (Wildman–Crippen LogP) is 2.50. The van der Waals surface area contributed by atoms with Crippen molar-refractivity contribution in [1.29, 1.82) is 0 Å². The highest BCUT2D eigenvalue weighted by Crippen LogP contribution is 2.41. The number of hydrogen-bond donors (Lipinski definition) is 1. The van der Waals surface area contributed by atoms with Gasteiger partial charge in [-0.1, -0.05) is 26.2 Å². The van der Waals surface area contributed by atoms with Gasteiger partial charge < -0.3 is 10.1 Å². The van der Waals surface area contributed by atoms with Crippen molar-refractivity contribution in [1.82, 2.24) is 5.32 Å². The van der Waals surface area contributed by atoms with Crippen LogP contribution in [0.3, 0.4) is 0 Å². The van der Waals surface area contributed by atoms with E-state index in [0.29, 0.717) is 6.04 Å². The van der Waals surface area contributed by atoms with E-state index in [9.17, 15) is 4.79 Å². The van der Waals surface area contributed by atoms with E-state index in [-0.39, 0.29) is 11.4 Å². The van der Waals surface area contributed by atoms with E-state index in [1.165, 1.54) is 26.4 Å². The zero-order valence-corrected chi connectivity index (χ0v) is 10.8. The maximum absolute atomic E-state index is 11.7. The number of methoxy groups -OCH3 is 1. The van der Waals surface area contributed by atoms with E-state index < -0.39 is 0 Å². The Balaban J connectivity index is 2.31. The van der Waals surface area contributed by atoms with Crippen LogP contribution in [0.25, 0.3) is 0 Å². The molecule has 0 bridgehead atoms. The van der Waals surface area contributed by atoms with Gasteiger partial charge in [0, 0.05) is 12.6 Å². The Bertz CT molecular complexity index is 224. The lowest BCUT2D eigenvalue weighted by molar-refractivity contribution is -0.158. The molecule has 0 radical (unpaired) electrons. The Morgan fingerprint density at radius 2 is 2.19 bits per heavy atom. The topological polar surface area (TPSA) is 38.3 Å². The Labute approximate surface area is 98.9 Å². The summed E-state index contributed by atoms with van der Waals surface area (Å²) in [5.74, 6) is -0.0334. The Morgan fingerprint density at radius 1 is 1.50 bits per heavy atom. The minimum atomic E-state index is -0.213. The summed E-state index contributed by atoms with van der Waals surface area (Å²) in [6.07, 6.45) is 6.78. The molecule has 0 aromatic heterocycles. The van der Waals surface area contributed by atoms with E-state index >= 15 is 0 Å². The first-order chi connectivity index (χ1) is 7.64. The first kappa shape index (κ1) is 13.5. The quantitative estimate of drug-likeness (QED) is 0.679.